The molecule has 0 aromatic heterocycles. The van der Waals surface area contributed by atoms with E-state index in [2.05, 4.69) is 11.0 Å². The second-order valence-electron chi connectivity index (χ2n) is 4.94. The van der Waals surface area contributed by atoms with Crippen LogP contribution in [0.2, 0.25) is 0 Å². The SMILES string of the molecule is CN1CCC(F)(Cc2ccc(C#N)cc2)CC1. The Morgan fingerprint density at radius 3 is 2.41 bits per heavy atom. The molecule has 1 aromatic carbocycles. The van der Waals surface area contributed by atoms with Crippen molar-refractivity contribution < 1.29 is 4.39 Å². The molecule has 0 unspecified atom stereocenters. The highest BCUT2D eigenvalue weighted by Gasteiger charge is 2.33. The number of alkyl halides is 1. The zero-order chi connectivity index (χ0) is 12.3. The molecule has 0 radical (unpaired) electrons. The summed E-state index contributed by atoms with van der Waals surface area (Å²) in [5.74, 6) is 0. The summed E-state index contributed by atoms with van der Waals surface area (Å²) in [5, 5.41) is 8.70. The molecule has 2 nitrogen and oxygen atoms in total. The minimum Gasteiger partial charge on any atom is -0.306 e. The van der Waals surface area contributed by atoms with Gasteiger partial charge in [-0.2, -0.15) is 5.26 Å². The van der Waals surface area contributed by atoms with Crippen molar-refractivity contribution in [2.75, 3.05) is 20.1 Å². The Hall–Kier alpha value is -1.40. The first-order valence-electron chi connectivity index (χ1n) is 5.98. The van der Waals surface area contributed by atoms with E-state index < -0.39 is 5.67 Å². The minimum absolute atomic E-state index is 0.465. The van der Waals surface area contributed by atoms with Crippen molar-refractivity contribution in [1.82, 2.24) is 4.90 Å². The molecule has 1 aliphatic heterocycles. The summed E-state index contributed by atoms with van der Waals surface area (Å²) < 4.78 is 14.5. The molecule has 0 amide bonds. The standard InChI is InChI=1S/C14H17FN2/c1-17-8-6-14(15,7-9-17)10-12-2-4-13(11-16)5-3-12/h2-5H,6-10H2,1H3. The van der Waals surface area contributed by atoms with E-state index in [-0.39, 0.29) is 0 Å². The number of nitriles is 1. The van der Waals surface area contributed by atoms with E-state index in [9.17, 15) is 4.39 Å². The third-order valence-electron chi connectivity index (χ3n) is 3.49. The van der Waals surface area contributed by atoms with Gasteiger partial charge in [-0.25, -0.2) is 4.39 Å². The quantitative estimate of drug-likeness (QED) is 0.783. The van der Waals surface area contributed by atoms with Gasteiger partial charge in [-0.15, -0.1) is 0 Å². The van der Waals surface area contributed by atoms with E-state index in [1.54, 1.807) is 12.1 Å². The molecule has 1 aromatic rings. The molecule has 2 rings (SSSR count). The normalized spacial score (nSPS) is 19.8. The third-order valence-corrected chi connectivity index (χ3v) is 3.49. The van der Waals surface area contributed by atoms with Crippen LogP contribution in [0.4, 0.5) is 4.39 Å². The number of piperidine rings is 1. The predicted octanol–water partition coefficient (Wildman–Crippen LogP) is 2.53. The van der Waals surface area contributed by atoms with Crippen molar-refractivity contribution in [2.24, 2.45) is 0 Å². The van der Waals surface area contributed by atoms with Gasteiger partial charge in [-0.1, -0.05) is 12.1 Å². The van der Waals surface area contributed by atoms with Crippen LogP contribution < -0.4 is 0 Å². The van der Waals surface area contributed by atoms with Gasteiger partial charge in [0.1, 0.15) is 5.67 Å². The molecule has 1 fully saturated rings. The molecule has 0 spiro atoms. The zero-order valence-electron chi connectivity index (χ0n) is 10.1. The number of likely N-dealkylation sites (tertiary alicyclic amines) is 1. The molecule has 0 saturated carbocycles. The van der Waals surface area contributed by atoms with Crippen LogP contribution in [0, 0.1) is 11.3 Å². The zero-order valence-corrected chi connectivity index (χ0v) is 10.1. The maximum atomic E-state index is 14.5. The van der Waals surface area contributed by atoms with Crippen molar-refractivity contribution >= 4 is 0 Å². The number of hydrogen-bond donors (Lipinski definition) is 0. The summed E-state index contributed by atoms with van der Waals surface area (Å²) in [6, 6.07) is 9.31. The Balaban J connectivity index is 2.02. The molecule has 0 atom stereocenters. The van der Waals surface area contributed by atoms with Gasteiger partial charge in [0.05, 0.1) is 11.6 Å². The average molecular weight is 232 g/mol. The molecule has 1 saturated heterocycles. The maximum absolute atomic E-state index is 14.5. The molecule has 3 heteroatoms. The van der Waals surface area contributed by atoms with Gasteiger partial charge < -0.3 is 4.90 Å². The Morgan fingerprint density at radius 2 is 1.88 bits per heavy atom. The molecule has 17 heavy (non-hydrogen) atoms. The molecule has 90 valence electrons. The summed E-state index contributed by atoms with van der Waals surface area (Å²) in [6.45, 7) is 1.65. The van der Waals surface area contributed by atoms with Gasteiger partial charge in [0, 0.05) is 19.5 Å². The summed E-state index contributed by atoms with van der Waals surface area (Å²) >= 11 is 0. The topological polar surface area (TPSA) is 27.0 Å². The Kier molecular flexibility index (Phi) is 3.44. The Labute approximate surface area is 102 Å². The lowest BCUT2D eigenvalue weighted by molar-refractivity contribution is 0.0698. The van der Waals surface area contributed by atoms with Gasteiger partial charge >= 0.3 is 0 Å². The lowest BCUT2D eigenvalue weighted by atomic mass is 9.87. The van der Waals surface area contributed by atoms with Crippen molar-refractivity contribution in [1.29, 1.82) is 5.26 Å². The van der Waals surface area contributed by atoms with E-state index in [0.717, 1.165) is 18.7 Å². The van der Waals surface area contributed by atoms with E-state index >= 15 is 0 Å². The fourth-order valence-electron chi connectivity index (χ4n) is 2.26. The van der Waals surface area contributed by atoms with Gasteiger partial charge in [-0.3, -0.25) is 0 Å². The largest absolute Gasteiger partial charge is 0.306 e. The van der Waals surface area contributed by atoms with Crippen molar-refractivity contribution in [3.63, 3.8) is 0 Å². The van der Waals surface area contributed by atoms with Crippen LogP contribution in [0.5, 0.6) is 0 Å². The average Bonchev–Trinajstić information content (AvgIpc) is 2.34. The maximum Gasteiger partial charge on any atom is 0.117 e. The molecular weight excluding hydrogens is 215 g/mol. The van der Waals surface area contributed by atoms with Gasteiger partial charge in [-0.05, 0) is 37.6 Å². The Bertz CT molecular complexity index is 411. The molecule has 1 heterocycles. The van der Waals surface area contributed by atoms with Gasteiger partial charge in [0.25, 0.3) is 0 Å². The number of halogens is 1. The highest BCUT2D eigenvalue weighted by molar-refractivity contribution is 5.32. The van der Waals surface area contributed by atoms with E-state index in [4.69, 9.17) is 5.26 Å². The molecule has 0 aliphatic carbocycles. The van der Waals surface area contributed by atoms with Crippen LogP contribution in [-0.4, -0.2) is 30.7 Å². The number of nitrogens with zero attached hydrogens (tertiary/aromatic N) is 2. The summed E-state index contributed by atoms with van der Waals surface area (Å²) in [6.07, 6.45) is 1.67. The molecule has 0 bridgehead atoms. The lowest BCUT2D eigenvalue weighted by Crippen LogP contribution is -2.41. The lowest BCUT2D eigenvalue weighted by Gasteiger charge is -2.34. The van der Waals surface area contributed by atoms with Crippen molar-refractivity contribution in [3.05, 3.63) is 35.4 Å². The fourth-order valence-corrected chi connectivity index (χ4v) is 2.26. The summed E-state index contributed by atoms with van der Waals surface area (Å²) in [5.41, 5.74) is 0.543. The van der Waals surface area contributed by atoms with Crippen LogP contribution in [0.25, 0.3) is 0 Å². The van der Waals surface area contributed by atoms with Crippen LogP contribution in [0.15, 0.2) is 24.3 Å². The fraction of sp³-hybridized carbons (Fsp3) is 0.500. The first-order chi connectivity index (χ1) is 8.11. The smallest absolute Gasteiger partial charge is 0.117 e. The highest BCUT2D eigenvalue weighted by Crippen LogP contribution is 2.29. The summed E-state index contributed by atoms with van der Waals surface area (Å²) in [4.78, 5) is 2.16. The second kappa shape index (κ2) is 4.85. The third kappa shape index (κ3) is 3.04. The van der Waals surface area contributed by atoms with Crippen molar-refractivity contribution in [3.8, 4) is 6.07 Å². The minimum atomic E-state index is -1.07. The summed E-state index contributed by atoms with van der Waals surface area (Å²) in [7, 11) is 2.03. The van der Waals surface area contributed by atoms with Crippen LogP contribution in [0.1, 0.15) is 24.0 Å². The van der Waals surface area contributed by atoms with Gasteiger partial charge in [0.15, 0.2) is 0 Å². The highest BCUT2D eigenvalue weighted by atomic mass is 19.1. The number of benzene rings is 1. The first-order valence-corrected chi connectivity index (χ1v) is 5.98. The number of hydrogen-bond acceptors (Lipinski definition) is 2. The first kappa shape index (κ1) is 12.1. The van der Waals surface area contributed by atoms with Crippen molar-refractivity contribution in [2.45, 2.75) is 24.9 Å². The van der Waals surface area contributed by atoms with E-state index in [0.29, 0.717) is 24.8 Å². The molecule has 0 N–H and O–H groups in total. The molecule has 1 aliphatic rings. The second-order valence-corrected chi connectivity index (χ2v) is 4.94. The monoisotopic (exact) mass is 232 g/mol. The van der Waals surface area contributed by atoms with E-state index in [1.165, 1.54) is 0 Å². The van der Waals surface area contributed by atoms with Crippen LogP contribution >= 0.6 is 0 Å². The van der Waals surface area contributed by atoms with Crippen LogP contribution in [0.3, 0.4) is 0 Å². The molecular formula is C14H17FN2. The number of rotatable bonds is 2. The van der Waals surface area contributed by atoms with E-state index in [1.807, 2.05) is 19.2 Å². The Morgan fingerprint density at radius 1 is 1.29 bits per heavy atom. The van der Waals surface area contributed by atoms with Gasteiger partial charge in [0.2, 0.25) is 0 Å². The predicted molar refractivity (Wildman–Crippen MR) is 65.4 cm³/mol. The van der Waals surface area contributed by atoms with Crippen LogP contribution in [-0.2, 0) is 6.42 Å².